The van der Waals surface area contributed by atoms with E-state index in [1.807, 2.05) is 0 Å². The summed E-state index contributed by atoms with van der Waals surface area (Å²) >= 11 is 0.646. The summed E-state index contributed by atoms with van der Waals surface area (Å²) in [4.78, 5) is 34.1. The van der Waals surface area contributed by atoms with Crippen molar-refractivity contribution < 1.29 is 48.0 Å². The van der Waals surface area contributed by atoms with Crippen LogP contribution in [0.5, 0.6) is 0 Å². The Labute approximate surface area is 84.6 Å². The van der Waals surface area contributed by atoms with E-state index < -0.39 is 15.6 Å². The number of nitrogens with zero attached hydrogens (tertiary/aromatic N) is 2. The van der Waals surface area contributed by atoms with Crippen LogP contribution in [-0.2, 0) is 28.4 Å². The molecule has 85 valence electrons. The Balaban J connectivity index is 0. The van der Waals surface area contributed by atoms with E-state index in [9.17, 15) is 9.13 Å². The molecule has 0 aliphatic heterocycles. The SMILES string of the molecule is N#[C][Cu][C]#N.O=P(O)(O)OP(=O)(O)O. The molecule has 0 atom stereocenters. The summed E-state index contributed by atoms with van der Waals surface area (Å²) in [6.07, 6.45) is 0. The van der Waals surface area contributed by atoms with Gasteiger partial charge >= 0.3 is 51.1 Å². The molecule has 0 fully saturated rings. The average molecular weight is 294 g/mol. The molecule has 14 heavy (non-hydrogen) atoms. The van der Waals surface area contributed by atoms with Gasteiger partial charge in [-0.25, -0.2) is 9.13 Å². The molecular formula is C2H4CuN2O7P2. The summed E-state index contributed by atoms with van der Waals surface area (Å²) < 4.78 is 22.2. The summed E-state index contributed by atoms with van der Waals surface area (Å²) in [5.74, 6) is 0. The van der Waals surface area contributed by atoms with Gasteiger partial charge < -0.3 is 19.6 Å². The maximum absolute atomic E-state index is 9.63. The van der Waals surface area contributed by atoms with Crippen molar-refractivity contribution in [3.63, 3.8) is 0 Å². The van der Waals surface area contributed by atoms with Crippen molar-refractivity contribution in [1.29, 1.82) is 10.5 Å². The third-order valence-corrected chi connectivity index (χ3v) is 2.19. The minimum Gasteiger partial charge on any atom is -0.302 e. The molecule has 0 aromatic heterocycles. The molecule has 0 spiro atoms. The first-order valence-electron chi connectivity index (χ1n) is 2.28. The van der Waals surface area contributed by atoms with E-state index in [4.69, 9.17) is 30.1 Å². The van der Waals surface area contributed by atoms with Gasteiger partial charge in [-0.1, -0.05) is 0 Å². The first kappa shape index (κ1) is 16.2. The van der Waals surface area contributed by atoms with E-state index in [0.29, 0.717) is 15.0 Å². The molecule has 0 aromatic rings. The zero-order chi connectivity index (χ0) is 11.8. The van der Waals surface area contributed by atoms with Gasteiger partial charge in [-0.2, -0.15) is 4.31 Å². The quantitative estimate of drug-likeness (QED) is 0.376. The second-order valence-corrected chi connectivity index (χ2v) is 4.55. The van der Waals surface area contributed by atoms with Crippen molar-refractivity contribution in [1.82, 2.24) is 0 Å². The van der Waals surface area contributed by atoms with Gasteiger partial charge in [0.25, 0.3) is 0 Å². The summed E-state index contributed by atoms with van der Waals surface area (Å²) in [5, 5.41) is 15.1. The van der Waals surface area contributed by atoms with E-state index in [2.05, 4.69) is 4.31 Å². The van der Waals surface area contributed by atoms with Crippen molar-refractivity contribution in [3.05, 3.63) is 0 Å². The van der Waals surface area contributed by atoms with Crippen molar-refractivity contribution in [2.75, 3.05) is 0 Å². The molecule has 0 heterocycles. The zero-order valence-electron chi connectivity index (χ0n) is 6.10. The van der Waals surface area contributed by atoms with Crippen LogP contribution in [0.1, 0.15) is 0 Å². The maximum Gasteiger partial charge on any atom is 0.478 e. The van der Waals surface area contributed by atoms with Gasteiger partial charge in [-0.3, -0.25) is 0 Å². The predicted octanol–water partition coefficient (Wildman–Crippen LogP) is -0.781. The number of phosphoric acid groups is 2. The molecular weight excluding hydrogens is 290 g/mol. The summed E-state index contributed by atoms with van der Waals surface area (Å²) in [7, 11) is -10.1. The molecule has 12 heteroatoms. The molecule has 0 saturated heterocycles. The van der Waals surface area contributed by atoms with Gasteiger partial charge in [0.15, 0.2) is 0 Å². The van der Waals surface area contributed by atoms with Crippen LogP contribution in [0.25, 0.3) is 0 Å². The molecule has 0 radical (unpaired) electrons. The Hall–Kier alpha value is -0.241. The fraction of sp³-hybridized carbons (Fsp3) is 0. The normalized spacial score (nSPS) is 10.7. The fourth-order valence-electron chi connectivity index (χ4n) is 0.154. The van der Waals surface area contributed by atoms with E-state index in [1.54, 1.807) is 9.94 Å². The van der Waals surface area contributed by atoms with Crippen LogP contribution in [0, 0.1) is 20.5 Å². The van der Waals surface area contributed by atoms with Crippen molar-refractivity contribution in [2.45, 2.75) is 0 Å². The van der Waals surface area contributed by atoms with Crippen LogP contribution >= 0.6 is 15.6 Å². The van der Waals surface area contributed by atoms with Gasteiger partial charge in [0, 0.05) is 0 Å². The van der Waals surface area contributed by atoms with E-state index in [-0.39, 0.29) is 0 Å². The molecule has 0 aromatic carbocycles. The zero-order valence-corrected chi connectivity index (χ0v) is 8.83. The van der Waals surface area contributed by atoms with Crippen LogP contribution < -0.4 is 0 Å². The number of rotatable bonds is 2. The number of hydrogen-bond acceptors (Lipinski definition) is 5. The fourth-order valence-corrected chi connectivity index (χ4v) is 1.31. The van der Waals surface area contributed by atoms with E-state index >= 15 is 0 Å². The Kier molecular flexibility index (Phi) is 8.22. The third kappa shape index (κ3) is 22.6. The summed E-state index contributed by atoms with van der Waals surface area (Å²) in [6, 6.07) is 0. The van der Waals surface area contributed by atoms with Gasteiger partial charge in [0.05, 0.1) is 0 Å². The van der Waals surface area contributed by atoms with Gasteiger partial charge in [0.1, 0.15) is 0 Å². The molecule has 0 rings (SSSR count). The van der Waals surface area contributed by atoms with Gasteiger partial charge in [-0.05, 0) is 0 Å². The van der Waals surface area contributed by atoms with E-state index in [0.717, 1.165) is 0 Å². The van der Waals surface area contributed by atoms with Crippen molar-refractivity contribution in [2.24, 2.45) is 0 Å². The molecule has 0 unspecified atom stereocenters. The second kappa shape index (κ2) is 7.10. The number of hydrogen-bond donors (Lipinski definition) is 4. The van der Waals surface area contributed by atoms with Crippen molar-refractivity contribution >= 4 is 15.6 Å². The first-order chi connectivity index (χ1) is 6.12. The predicted molar refractivity (Wildman–Crippen MR) is 36.4 cm³/mol. The Morgan fingerprint density at radius 1 is 1.00 bits per heavy atom. The molecule has 0 aliphatic rings. The number of nitriles is 2. The minimum atomic E-state index is -5.05. The van der Waals surface area contributed by atoms with Crippen LogP contribution in [0.3, 0.4) is 0 Å². The van der Waals surface area contributed by atoms with Crippen LogP contribution in [-0.4, -0.2) is 19.6 Å². The third-order valence-electron chi connectivity index (χ3n) is 0.280. The Morgan fingerprint density at radius 2 is 1.29 bits per heavy atom. The molecule has 0 amide bonds. The molecule has 0 bridgehead atoms. The average Bonchev–Trinajstić information content (AvgIpc) is 1.81. The molecule has 9 nitrogen and oxygen atoms in total. The Morgan fingerprint density at radius 3 is 1.29 bits per heavy atom. The van der Waals surface area contributed by atoms with E-state index in [1.165, 1.54) is 0 Å². The maximum atomic E-state index is 9.63. The summed E-state index contributed by atoms with van der Waals surface area (Å²) in [6.45, 7) is 0. The molecule has 4 N–H and O–H groups in total. The monoisotopic (exact) mass is 293 g/mol. The molecule has 0 saturated carbocycles. The first-order valence-corrected chi connectivity index (χ1v) is 6.28. The summed E-state index contributed by atoms with van der Waals surface area (Å²) in [5.41, 5.74) is 0. The second-order valence-electron chi connectivity index (χ2n) is 1.27. The van der Waals surface area contributed by atoms with Gasteiger partial charge in [-0.15, -0.1) is 0 Å². The minimum absolute atomic E-state index is 0.646. The smallest absolute Gasteiger partial charge is 0.302 e. The van der Waals surface area contributed by atoms with Crippen LogP contribution in [0.4, 0.5) is 0 Å². The largest absolute Gasteiger partial charge is 0.478 e. The Bertz CT molecular complexity index is 299. The molecule has 0 aliphatic carbocycles. The van der Waals surface area contributed by atoms with Crippen LogP contribution in [0.15, 0.2) is 0 Å². The van der Waals surface area contributed by atoms with Crippen LogP contribution in [0.2, 0.25) is 0 Å². The topological polar surface area (TPSA) is 172 Å². The van der Waals surface area contributed by atoms with Gasteiger partial charge in [0.2, 0.25) is 0 Å². The standard InChI is InChI=1S/2CN.Cu.H4O7P2/c2*1-2;;1-8(2,3)7-9(4,5)6/h;;;(H2,1,2,3)(H2,4,5,6). The van der Waals surface area contributed by atoms with Crippen molar-refractivity contribution in [3.8, 4) is 9.94 Å².